The number of nitrogens with zero attached hydrogens (tertiary/aromatic N) is 1. The van der Waals surface area contributed by atoms with E-state index in [0.717, 1.165) is 6.07 Å². The lowest BCUT2D eigenvalue weighted by atomic mass is 10.2. The van der Waals surface area contributed by atoms with Gasteiger partial charge in [-0.25, -0.2) is 26.9 Å². The molecule has 6 nitrogen and oxygen atoms in total. The summed E-state index contributed by atoms with van der Waals surface area (Å²) in [5, 5.41) is 0. The molecular weight excluding hydrogens is 387 g/mol. The van der Waals surface area contributed by atoms with E-state index in [1.165, 1.54) is 4.72 Å². The van der Waals surface area contributed by atoms with Crippen LogP contribution >= 0.6 is 0 Å². The molecule has 0 unspecified atom stereocenters. The highest BCUT2D eigenvalue weighted by Crippen LogP contribution is 2.30. The lowest BCUT2D eigenvalue weighted by Gasteiger charge is -2.10. The van der Waals surface area contributed by atoms with Crippen molar-refractivity contribution in [3.05, 3.63) is 53.4 Å². The van der Waals surface area contributed by atoms with Crippen LogP contribution in [0, 0.1) is 11.6 Å². The van der Waals surface area contributed by atoms with E-state index in [0.29, 0.717) is 30.7 Å². The van der Waals surface area contributed by atoms with Gasteiger partial charge in [-0.3, -0.25) is 4.79 Å². The normalized spacial score (nSPS) is 11.9. The topological polar surface area (TPSA) is 85.4 Å². The van der Waals surface area contributed by atoms with Gasteiger partial charge in [0.15, 0.2) is 11.6 Å². The lowest BCUT2D eigenvalue weighted by molar-refractivity contribution is -0.141. The molecule has 2 rings (SSSR count). The van der Waals surface area contributed by atoms with Gasteiger partial charge >= 0.3 is 6.18 Å². The molecule has 1 aromatic carbocycles. The third-order valence-corrected chi connectivity index (χ3v) is 3.36. The number of aromatic nitrogens is 1. The van der Waals surface area contributed by atoms with Crippen molar-refractivity contribution in [2.24, 2.45) is 0 Å². The van der Waals surface area contributed by atoms with E-state index in [9.17, 15) is 35.2 Å². The standard InChI is InChI=1S/C14H9F5N2O4S/c1-26(23,24)21-13(22)8-4-10(16)11(5-9(8)15)25-7-2-3-12(20-6-7)14(17,18)19/h2-6H,1H3,(H,21,22). The van der Waals surface area contributed by atoms with Crippen molar-refractivity contribution in [3.63, 3.8) is 0 Å². The molecule has 1 N–H and O–H groups in total. The number of nitrogens with one attached hydrogen (secondary N) is 1. The van der Waals surface area contributed by atoms with Gasteiger partial charge in [0.05, 0.1) is 18.0 Å². The third-order valence-electron chi connectivity index (χ3n) is 2.80. The maximum atomic E-state index is 14.0. The molecular formula is C14H9F5N2O4S. The van der Waals surface area contributed by atoms with Gasteiger partial charge in [-0.15, -0.1) is 0 Å². The van der Waals surface area contributed by atoms with E-state index >= 15 is 0 Å². The van der Waals surface area contributed by atoms with E-state index in [4.69, 9.17) is 4.74 Å². The summed E-state index contributed by atoms with van der Waals surface area (Å²) >= 11 is 0. The van der Waals surface area contributed by atoms with Crippen LogP contribution in [0.15, 0.2) is 30.5 Å². The summed E-state index contributed by atoms with van der Waals surface area (Å²) in [6.07, 6.45) is -3.37. The second-order valence-corrected chi connectivity index (χ2v) is 6.69. The molecule has 1 aromatic heterocycles. The molecule has 0 saturated carbocycles. The monoisotopic (exact) mass is 396 g/mol. The zero-order chi connectivity index (χ0) is 19.7. The van der Waals surface area contributed by atoms with E-state index in [1.807, 2.05) is 0 Å². The lowest BCUT2D eigenvalue weighted by Crippen LogP contribution is -2.30. The Bertz CT molecular complexity index is 943. The van der Waals surface area contributed by atoms with Crippen molar-refractivity contribution in [3.8, 4) is 11.5 Å². The Hall–Kier alpha value is -2.76. The quantitative estimate of drug-likeness (QED) is 0.804. The fourth-order valence-electron chi connectivity index (χ4n) is 1.74. The smallest absolute Gasteiger partial charge is 0.433 e. The predicted molar refractivity (Wildman–Crippen MR) is 78.0 cm³/mol. The second kappa shape index (κ2) is 6.86. The fraction of sp³-hybridized carbons (Fsp3) is 0.143. The molecule has 0 bridgehead atoms. The molecule has 0 aliphatic rings. The minimum absolute atomic E-state index is 0.315. The number of halogens is 5. The van der Waals surface area contributed by atoms with Crippen molar-refractivity contribution in [1.82, 2.24) is 9.71 Å². The summed E-state index contributed by atoms with van der Waals surface area (Å²) in [5.41, 5.74) is -2.10. The average molecular weight is 396 g/mol. The number of benzene rings is 1. The van der Waals surface area contributed by atoms with Gasteiger partial charge in [-0.05, 0) is 18.2 Å². The summed E-state index contributed by atoms with van der Waals surface area (Å²) < 4.78 is 93.4. The van der Waals surface area contributed by atoms with Crippen LogP contribution in [0.4, 0.5) is 22.0 Å². The van der Waals surface area contributed by atoms with E-state index in [2.05, 4.69) is 4.98 Å². The first-order chi connectivity index (χ1) is 11.9. The minimum Gasteiger partial charge on any atom is -0.453 e. The van der Waals surface area contributed by atoms with Crippen LogP contribution in [0.25, 0.3) is 0 Å². The van der Waals surface area contributed by atoms with Gasteiger partial charge in [0.2, 0.25) is 10.0 Å². The summed E-state index contributed by atoms with van der Waals surface area (Å²) in [6.45, 7) is 0. The Labute approximate surface area is 143 Å². The summed E-state index contributed by atoms with van der Waals surface area (Å²) in [7, 11) is -4.00. The second-order valence-electron chi connectivity index (χ2n) is 4.94. The van der Waals surface area contributed by atoms with Gasteiger partial charge < -0.3 is 4.74 Å². The fourth-order valence-corrected chi connectivity index (χ4v) is 2.19. The molecule has 0 saturated heterocycles. The molecule has 0 radical (unpaired) electrons. The van der Waals surface area contributed by atoms with Crippen molar-refractivity contribution in [2.75, 3.05) is 6.26 Å². The molecule has 0 aliphatic heterocycles. The van der Waals surface area contributed by atoms with Crippen LogP contribution in [-0.4, -0.2) is 25.6 Å². The molecule has 2 aromatic rings. The maximum absolute atomic E-state index is 14.0. The van der Waals surface area contributed by atoms with Gasteiger partial charge in [0.25, 0.3) is 5.91 Å². The van der Waals surface area contributed by atoms with Crippen molar-refractivity contribution < 1.29 is 39.9 Å². The van der Waals surface area contributed by atoms with Crippen LogP contribution < -0.4 is 9.46 Å². The zero-order valence-corrected chi connectivity index (χ0v) is 13.6. The molecule has 0 spiro atoms. The summed E-state index contributed by atoms with van der Waals surface area (Å²) in [4.78, 5) is 14.7. The molecule has 140 valence electrons. The van der Waals surface area contributed by atoms with Gasteiger partial charge in [-0.1, -0.05) is 0 Å². The largest absolute Gasteiger partial charge is 0.453 e. The number of hydrogen-bond acceptors (Lipinski definition) is 5. The SMILES string of the molecule is CS(=O)(=O)NC(=O)c1cc(F)c(Oc2ccc(C(F)(F)F)nc2)cc1F. The molecule has 0 atom stereocenters. The number of carbonyl (C=O) groups excluding carboxylic acids is 1. The first-order valence-electron chi connectivity index (χ1n) is 6.59. The highest BCUT2D eigenvalue weighted by Gasteiger charge is 2.32. The van der Waals surface area contributed by atoms with Gasteiger partial charge in [0, 0.05) is 6.07 Å². The number of sulfonamides is 1. The Morgan fingerprint density at radius 3 is 2.31 bits per heavy atom. The maximum Gasteiger partial charge on any atom is 0.433 e. The zero-order valence-electron chi connectivity index (χ0n) is 12.8. The van der Waals surface area contributed by atoms with Crippen LogP contribution in [0.3, 0.4) is 0 Å². The Morgan fingerprint density at radius 2 is 1.81 bits per heavy atom. The molecule has 1 heterocycles. The van der Waals surface area contributed by atoms with Gasteiger partial charge in [-0.2, -0.15) is 13.2 Å². The molecule has 1 amide bonds. The number of alkyl halides is 3. The number of carbonyl (C=O) groups is 1. The molecule has 12 heteroatoms. The van der Waals surface area contributed by atoms with Crippen LogP contribution in [0.5, 0.6) is 11.5 Å². The third kappa shape index (κ3) is 4.88. The Balaban J connectivity index is 2.26. The summed E-state index contributed by atoms with van der Waals surface area (Å²) in [6, 6.07) is 2.27. The molecule has 0 aliphatic carbocycles. The van der Waals surface area contributed by atoms with Crippen molar-refractivity contribution in [1.29, 1.82) is 0 Å². The first-order valence-corrected chi connectivity index (χ1v) is 8.48. The summed E-state index contributed by atoms with van der Waals surface area (Å²) in [5.74, 6) is -5.00. The minimum atomic E-state index is -4.68. The predicted octanol–water partition coefficient (Wildman–Crippen LogP) is 2.86. The highest BCUT2D eigenvalue weighted by molar-refractivity contribution is 7.89. The number of amides is 1. The van der Waals surface area contributed by atoms with Gasteiger partial charge in [0.1, 0.15) is 17.3 Å². The number of rotatable bonds is 4. The van der Waals surface area contributed by atoms with Crippen LogP contribution in [-0.2, 0) is 16.2 Å². The molecule has 0 fully saturated rings. The highest BCUT2D eigenvalue weighted by atomic mass is 32.2. The number of pyridine rings is 1. The first kappa shape index (κ1) is 19.6. The number of hydrogen-bond donors (Lipinski definition) is 1. The van der Waals surface area contributed by atoms with Crippen molar-refractivity contribution in [2.45, 2.75) is 6.18 Å². The molecule has 26 heavy (non-hydrogen) atoms. The van der Waals surface area contributed by atoms with E-state index < -0.39 is 50.7 Å². The number of ether oxygens (including phenoxy) is 1. The Kier molecular flexibility index (Phi) is 5.16. The van der Waals surface area contributed by atoms with Crippen LogP contribution in [0.2, 0.25) is 0 Å². The van der Waals surface area contributed by atoms with E-state index in [-0.39, 0.29) is 5.75 Å². The van der Waals surface area contributed by atoms with Crippen molar-refractivity contribution >= 4 is 15.9 Å². The van der Waals surface area contributed by atoms with Crippen LogP contribution in [0.1, 0.15) is 16.1 Å². The average Bonchev–Trinajstić information content (AvgIpc) is 2.48. The Morgan fingerprint density at radius 1 is 1.15 bits per heavy atom. The van der Waals surface area contributed by atoms with E-state index in [1.54, 1.807) is 0 Å².